The number of hydrogen-bond donors (Lipinski definition) is 0. The Hall–Kier alpha value is -1.23. The molecule has 0 bridgehead atoms. The number of aromatic nitrogens is 2. The van der Waals surface area contributed by atoms with Crippen molar-refractivity contribution in [2.75, 3.05) is 6.61 Å². The molecule has 0 aromatic carbocycles. The predicted molar refractivity (Wildman–Crippen MR) is 64.9 cm³/mol. The number of ether oxygens (including phenoxy) is 1. The van der Waals surface area contributed by atoms with Crippen molar-refractivity contribution in [1.82, 2.24) is 10.1 Å². The number of rotatable bonds is 6. The highest BCUT2D eigenvalue weighted by atomic mass is 16.5. The molecular weight excluding hydrogens is 232 g/mol. The molecule has 5 nitrogen and oxygen atoms in total. The van der Waals surface area contributed by atoms with Crippen molar-refractivity contribution in [3.8, 4) is 0 Å². The van der Waals surface area contributed by atoms with Crippen LogP contribution in [-0.2, 0) is 22.6 Å². The van der Waals surface area contributed by atoms with E-state index in [-0.39, 0.29) is 5.92 Å². The zero-order chi connectivity index (χ0) is 12.8. The Kier molecular flexibility index (Phi) is 4.87. The van der Waals surface area contributed by atoms with Crippen molar-refractivity contribution in [1.29, 1.82) is 0 Å². The first-order valence-corrected chi connectivity index (χ1v) is 6.71. The summed E-state index contributed by atoms with van der Waals surface area (Å²) in [6.07, 6.45) is 5.35. The van der Waals surface area contributed by atoms with Crippen LogP contribution >= 0.6 is 0 Å². The van der Waals surface area contributed by atoms with Crippen LogP contribution in [0.1, 0.15) is 50.7 Å². The maximum absolute atomic E-state index is 11.7. The fourth-order valence-corrected chi connectivity index (χ4v) is 2.22. The number of Topliss-reactive ketones (excluding diaryl/α,β-unsaturated/α-hetero) is 1. The van der Waals surface area contributed by atoms with E-state index in [1.165, 1.54) is 0 Å². The van der Waals surface area contributed by atoms with Crippen molar-refractivity contribution in [3.63, 3.8) is 0 Å². The van der Waals surface area contributed by atoms with Crippen LogP contribution in [0.3, 0.4) is 0 Å². The van der Waals surface area contributed by atoms with Crippen molar-refractivity contribution < 1.29 is 14.1 Å². The molecule has 1 aliphatic rings. The van der Waals surface area contributed by atoms with Gasteiger partial charge in [-0.3, -0.25) is 4.79 Å². The molecule has 0 saturated heterocycles. The normalized spacial score (nSPS) is 20.3. The van der Waals surface area contributed by atoms with Crippen LogP contribution in [-0.4, -0.2) is 22.5 Å². The molecule has 1 unspecified atom stereocenters. The Labute approximate surface area is 107 Å². The molecule has 0 N–H and O–H groups in total. The van der Waals surface area contributed by atoms with E-state index in [2.05, 4.69) is 17.1 Å². The molecule has 0 radical (unpaired) electrons. The van der Waals surface area contributed by atoms with Crippen molar-refractivity contribution >= 4 is 5.78 Å². The zero-order valence-electron chi connectivity index (χ0n) is 10.9. The van der Waals surface area contributed by atoms with E-state index < -0.39 is 0 Å². The summed E-state index contributed by atoms with van der Waals surface area (Å²) in [4.78, 5) is 16.0. The second-order valence-corrected chi connectivity index (χ2v) is 4.77. The van der Waals surface area contributed by atoms with Gasteiger partial charge in [0, 0.05) is 25.4 Å². The molecule has 1 atom stereocenters. The van der Waals surface area contributed by atoms with E-state index >= 15 is 0 Å². The van der Waals surface area contributed by atoms with Crippen molar-refractivity contribution in [2.24, 2.45) is 5.92 Å². The predicted octanol–water partition coefficient (Wildman–Crippen LogP) is 2.30. The Bertz CT molecular complexity index is 389. The number of nitrogens with zero attached hydrogens (tertiary/aromatic N) is 2. The summed E-state index contributed by atoms with van der Waals surface area (Å²) in [7, 11) is 0. The summed E-state index contributed by atoms with van der Waals surface area (Å²) in [6.45, 7) is 3.14. The molecule has 0 amide bonds. The topological polar surface area (TPSA) is 65.2 Å². The van der Waals surface area contributed by atoms with Crippen molar-refractivity contribution in [2.45, 2.75) is 52.1 Å². The van der Waals surface area contributed by atoms with E-state index in [1.807, 2.05) is 0 Å². The number of hydrogen-bond acceptors (Lipinski definition) is 5. The maximum atomic E-state index is 11.7. The van der Waals surface area contributed by atoms with Crippen LogP contribution < -0.4 is 0 Å². The van der Waals surface area contributed by atoms with Gasteiger partial charge >= 0.3 is 0 Å². The largest absolute Gasteiger partial charge is 0.373 e. The third-order valence-corrected chi connectivity index (χ3v) is 3.19. The Balaban J connectivity index is 1.83. The summed E-state index contributed by atoms with van der Waals surface area (Å²) < 4.78 is 10.5. The summed E-state index contributed by atoms with van der Waals surface area (Å²) in [5.74, 6) is 1.54. The minimum atomic E-state index is 0.0728. The first-order chi connectivity index (χ1) is 8.79. The minimum absolute atomic E-state index is 0.0728. The van der Waals surface area contributed by atoms with E-state index in [4.69, 9.17) is 9.26 Å². The lowest BCUT2D eigenvalue weighted by Crippen LogP contribution is -2.21. The molecule has 2 rings (SSSR count). The number of ketones is 1. The molecule has 100 valence electrons. The summed E-state index contributed by atoms with van der Waals surface area (Å²) in [6, 6.07) is 0. The molecule has 1 aliphatic carbocycles. The highest BCUT2D eigenvalue weighted by Crippen LogP contribution is 2.23. The van der Waals surface area contributed by atoms with E-state index in [1.54, 1.807) is 0 Å². The summed E-state index contributed by atoms with van der Waals surface area (Å²) in [5, 5.41) is 3.86. The van der Waals surface area contributed by atoms with Gasteiger partial charge in [0.15, 0.2) is 5.82 Å². The lowest BCUT2D eigenvalue weighted by molar-refractivity contribution is -0.124. The summed E-state index contributed by atoms with van der Waals surface area (Å²) >= 11 is 0. The Morgan fingerprint density at radius 1 is 1.44 bits per heavy atom. The molecule has 0 spiro atoms. The zero-order valence-corrected chi connectivity index (χ0v) is 10.9. The average molecular weight is 252 g/mol. The standard InChI is InChI=1S/C13H20N2O3/c1-2-7-17-9-12-14-13(18-15-12)8-10-5-3-4-6-11(10)16/h10H,2-9H2,1H3. The number of carbonyl (C=O) groups excluding carboxylic acids is 1. The second kappa shape index (κ2) is 6.64. The van der Waals surface area contributed by atoms with Gasteiger partial charge in [0.25, 0.3) is 0 Å². The average Bonchev–Trinajstić information content (AvgIpc) is 2.80. The Morgan fingerprint density at radius 3 is 3.11 bits per heavy atom. The lowest BCUT2D eigenvalue weighted by atomic mass is 9.86. The van der Waals surface area contributed by atoms with Gasteiger partial charge in [-0.1, -0.05) is 18.5 Å². The van der Waals surface area contributed by atoms with Crippen LogP contribution in [0.4, 0.5) is 0 Å². The fourth-order valence-electron chi connectivity index (χ4n) is 2.22. The second-order valence-electron chi connectivity index (χ2n) is 4.77. The quantitative estimate of drug-likeness (QED) is 0.727. The van der Waals surface area contributed by atoms with Gasteiger partial charge in [-0.15, -0.1) is 0 Å². The highest BCUT2D eigenvalue weighted by Gasteiger charge is 2.24. The molecule has 1 heterocycles. The minimum Gasteiger partial charge on any atom is -0.373 e. The van der Waals surface area contributed by atoms with Crippen LogP contribution in [0.5, 0.6) is 0 Å². The molecule has 0 aliphatic heterocycles. The van der Waals surface area contributed by atoms with Gasteiger partial charge in [0.2, 0.25) is 5.89 Å². The molecular formula is C13H20N2O3. The van der Waals surface area contributed by atoms with Crippen molar-refractivity contribution in [3.05, 3.63) is 11.7 Å². The SMILES string of the molecule is CCCOCc1noc(CC2CCCCC2=O)n1. The Morgan fingerprint density at radius 2 is 2.33 bits per heavy atom. The molecule has 1 aromatic rings. The van der Waals surface area contributed by atoms with Crippen LogP contribution in [0.25, 0.3) is 0 Å². The van der Waals surface area contributed by atoms with E-state index in [0.717, 1.165) is 25.7 Å². The molecule has 1 saturated carbocycles. The lowest BCUT2D eigenvalue weighted by Gasteiger charge is -2.18. The molecule has 1 fully saturated rings. The number of carbonyl (C=O) groups is 1. The summed E-state index contributed by atoms with van der Waals surface area (Å²) in [5.41, 5.74) is 0. The van der Waals surface area contributed by atoms with Crippen LogP contribution in [0, 0.1) is 5.92 Å². The maximum Gasteiger partial charge on any atom is 0.227 e. The highest BCUT2D eigenvalue weighted by molar-refractivity contribution is 5.81. The van der Waals surface area contributed by atoms with Gasteiger partial charge in [0.05, 0.1) is 0 Å². The smallest absolute Gasteiger partial charge is 0.227 e. The van der Waals surface area contributed by atoms with Gasteiger partial charge in [-0.25, -0.2) is 0 Å². The first-order valence-electron chi connectivity index (χ1n) is 6.71. The van der Waals surface area contributed by atoms with E-state index in [9.17, 15) is 4.79 Å². The van der Waals surface area contributed by atoms with Gasteiger partial charge in [-0.2, -0.15) is 4.98 Å². The van der Waals surface area contributed by atoms with Crippen LogP contribution in [0.2, 0.25) is 0 Å². The van der Waals surface area contributed by atoms with Gasteiger partial charge in [0.1, 0.15) is 12.4 Å². The fraction of sp³-hybridized carbons (Fsp3) is 0.769. The van der Waals surface area contributed by atoms with E-state index in [0.29, 0.717) is 43.6 Å². The molecule has 1 aromatic heterocycles. The third-order valence-electron chi connectivity index (χ3n) is 3.19. The first kappa shape index (κ1) is 13.2. The van der Waals surface area contributed by atoms with Gasteiger partial charge in [-0.05, 0) is 19.3 Å². The van der Waals surface area contributed by atoms with Gasteiger partial charge < -0.3 is 9.26 Å². The molecule has 5 heteroatoms. The molecule has 18 heavy (non-hydrogen) atoms. The third kappa shape index (κ3) is 3.63. The monoisotopic (exact) mass is 252 g/mol. The van der Waals surface area contributed by atoms with Crippen LogP contribution in [0.15, 0.2) is 4.52 Å².